The minimum Gasteiger partial charge on any atom is -0.394 e. The minimum absolute atomic E-state index is 0.140. The van der Waals surface area contributed by atoms with Crippen LogP contribution in [0.25, 0.3) is 0 Å². The molecule has 0 aromatic heterocycles. The molecule has 70 heavy (non-hydrogen) atoms. The standard InChI is InChI=1S/C48H92O22/c1-4-6-8-10-12-14-16-18-20-48(21-19-17-15-13-11-9-7-5-2,27-63-45-40(61)37(58)42(33(25-52)67-45)69-44(30(55)22-49)65-31(23-50)29(3)54)28-64-46-41(62)38(59)43(34(26-53)68-46)70-47-39(60)36(57)35(56)32(24-51)66-47/h29-47,49-62H,4-28H2,1-3H3/t29-,30-,31?,32?,33?,34?,35+,36-,37?,38+,39?,40?,41?,42+,43+,44+,45+,46+,47-/m0/s1. The van der Waals surface area contributed by atoms with E-state index in [0.717, 1.165) is 103 Å². The Labute approximate surface area is 413 Å². The SMILES string of the molecule is CCCCCCCCCCC(CCCCCCCCCC)(CO[C@@H]1OC(CO)[C@@H](O[C@@H](OC(CO)[C@H](C)O)[C@@H](O)CO)C(O)C1O)CO[C@@H]1OC(CO)[C@@H](O[C@@H]2OC(CO)[C@@H](O)[C@H](O)C2O)[C@H](O)C1O. The van der Waals surface area contributed by atoms with Gasteiger partial charge < -0.3 is 109 Å². The molecule has 0 aromatic carbocycles. The highest BCUT2D eigenvalue weighted by molar-refractivity contribution is 4.95. The second-order valence-corrected chi connectivity index (χ2v) is 19.6. The molecule has 0 aliphatic carbocycles. The van der Waals surface area contributed by atoms with Gasteiger partial charge in [0, 0.05) is 5.41 Å². The summed E-state index contributed by atoms with van der Waals surface area (Å²) < 4.78 is 47.2. The molecule has 14 N–H and O–H groups in total. The molecule has 0 aromatic rings. The van der Waals surface area contributed by atoms with Gasteiger partial charge in [0.05, 0.1) is 52.4 Å². The van der Waals surface area contributed by atoms with Gasteiger partial charge in [-0.25, -0.2) is 0 Å². The van der Waals surface area contributed by atoms with Gasteiger partial charge in [-0.1, -0.05) is 117 Å². The maximum Gasteiger partial charge on any atom is 0.187 e. The Kier molecular flexibility index (Phi) is 30.7. The van der Waals surface area contributed by atoms with Gasteiger partial charge in [0.25, 0.3) is 0 Å². The molecule has 416 valence electrons. The number of rotatable bonds is 37. The summed E-state index contributed by atoms with van der Waals surface area (Å²) in [7, 11) is 0. The van der Waals surface area contributed by atoms with Gasteiger partial charge in [-0.05, 0) is 19.8 Å². The predicted molar refractivity (Wildman–Crippen MR) is 248 cm³/mol. The third-order valence-electron chi connectivity index (χ3n) is 13.8. The maximum atomic E-state index is 11.5. The van der Waals surface area contributed by atoms with Crippen LogP contribution in [-0.2, 0) is 37.9 Å². The van der Waals surface area contributed by atoms with Crippen molar-refractivity contribution in [2.24, 2.45) is 5.41 Å². The van der Waals surface area contributed by atoms with Crippen LogP contribution < -0.4 is 0 Å². The molecular formula is C48H92O22. The fraction of sp³-hybridized carbons (Fsp3) is 1.00. The third-order valence-corrected chi connectivity index (χ3v) is 13.8. The van der Waals surface area contributed by atoms with E-state index in [1.54, 1.807) is 0 Å². The summed E-state index contributed by atoms with van der Waals surface area (Å²) in [5.41, 5.74) is -0.878. The molecule has 3 rings (SSSR count). The van der Waals surface area contributed by atoms with Crippen LogP contribution in [0.4, 0.5) is 0 Å². The highest BCUT2D eigenvalue weighted by Crippen LogP contribution is 2.38. The van der Waals surface area contributed by atoms with Crippen molar-refractivity contribution in [3.05, 3.63) is 0 Å². The summed E-state index contributed by atoms with van der Waals surface area (Å²) in [6.45, 7) is 1.50. The fourth-order valence-electron chi connectivity index (χ4n) is 9.23. The topological polar surface area (TPSA) is 357 Å². The highest BCUT2D eigenvalue weighted by atomic mass is 16.8. The van der Waals surface area contributed by atoms with Gasteiger partial charge in [0.2, 0.25) is 0 Å². The van der Waals surface area contributed by atoms with Gasteiger partial charge in [-0.15, -0.1) is 0 Å². The lowest BCUT2D eigenvalue weighted by atomic mass is 9.79. The number of ether oxygens (including phenoxy) is 8. The molecule has 0 saturated carbocycles. The molecule has 22 nitrogen and oxygen atoms in total. The molecule has 3 fully saturated rings. The average Bonchev–Trinajstić information content (AvgIpc) is 3.35. The molecule has 8 unspecified atom stereocenters. The lowest BCUT2D eigenvalue weighted by Crippen LogP contribution is -2.64. The van der Waals surface area contributed by atoms with Gasteiger partial charge in [-0.3, -0.25) is 0 Å². The monoisotopic (exact) mass is 1020 g/mol. The zero-order chi connectivity index (χ0) is 51.8. The summed E-state index contributed by atoms with van der Waals surface area (Å²) in [4.78, 5) is 0. The van der Waals surface area contributed by atoms with Crippen molar-refractivity contribution in [1.82, 2.24) is 0 Å². The van der Waals surface area contributed by atoms with Gasteiger partial charge in [0.1, 0.15) is 85.5 Å². The zero-order valence-corrected chi connectivity index (χ0v) is 41.7. The summed E-state index contributed by atoms with van der Waals surface area (Å²) in [6, 6.07) is 0. The molecule has 0 amide bonds. The Morgan fingerprint density at radius 2 is 0.886 bits per heavy atom. The highest BCUT2D eigenvalue weighted by Gasteiger charge is 2.52. The van der Waals surface area contributed by atoms with Crippen molar-refractivity contribution >= 4 is 0 Å². The van der Waals surface area contributed by atoms with E-state index in [1.807, 2.05) is 0 Å². The normalized spacial score (nSPS) is 33.8. The van der Waals surface area contributed by atoms with Crippen molar-refractivity contribution in [2.45, 2.75) is 253 Å². The summed E-state index contributed by atoms with van der Waals surface area (Å²) in [5, 5.41) is 147. The molecule has 3 saturated heterocycles. The van der Waals surface area contributed by atoms with Gasteiger partial charge >= 0.3 is 0 Å². The Morgan fingerprint density at radius 1 is 0.471 bits per heavy atom. The average molecular weight is 1020 g/mol. The Bertz CT molecular complexity index is 1300. The number of aliphatic hydroxyl groups excluding tert-OH is 14. The number of hydrogen-bond donors (Lipinski definition) is 14. The van der Waals surface area contributed by atoms with Crippen LogP contribution in [0.15, 0.2) is 0 Å². The summed E-state index contributed by atoms with van der Waals surface area (Å²) in [6.07, 6.45) is -13.1. The molecular weight excluding hydrogens is 929 g/mol. The zero-order valence-electron chi connectivity index (χ0n) is 41.7. The van der Waals surface area contributed by atoms with Gasteiger partial charge in [-0.2, -0.15) is 0 Å². The van der Waals surface area contributed by atoms with E-state index in [4.69, 9.17) is 37.9 Å². The molecule has 0 bridgehead atoms. The smallest absolute Gasteiger partial charge is 0.187 e. The third kappa shape index (κ3) is 19.4. The van der Waals surface area contributed by atoms with Crippen molar-refractivity contribution in [2.75, 3.05) is 46.2 Å². The van der Waals surface area contributed by atoms with Crippen LogP contribution in [0.5, 0.6) is 0 Å². The van der Waals surface area contributed by atoms with Crippen LogP contribution in [0.2, 0.25) is 0 Å². The van der Waals surface area contributed by atoms with Crippen LogP contribution >= 0.6 is 0 Å². The van der Waals surface area contributed by atoms with Gasteiger partial charge in [0.15, 0.2) is 25.2 Å². The Hall–Kier alpha value is -0.880. The fourth-order valence-corrected chi connectivity index (χ4v) is 9.23. The molecule has 22 heteroatoms. The van der Waals surface area contributed by atoms with Crippen molar-refractivity contribution < 1.29 is 109 Å². The van der Waals surface area contributed by atoms with Crippen LogP contribution in [0.1, 0.15) is 136 Å². The largest absolute Gasteiger partial charge is 0.394 e. The lowest BCUT2D eigenvalue weighted by molar-refractivity contribution is -0.362. The first-order valence-electron chi connectivity index (χ1n) is 25.9. The summed E-state index contributed by atoms with van der Waals surface area (Å²) in [5.74, 6) is 0. The van der Waals surface area contributed by atoms with Crippen LogP contribution in [0.3, 0.4) is 0 Å². The first-order chi connectivity index (χ1) is 33.6. The van der Waals surface area contributed by atoms with Crippen LogP contribution in [0, 0.1) is 5.41 Å². The van der Waals surface area contributed by atoms with E-state index in [0.29, 0.717) is 12.8 Å². The Morgan fingerprint density at radius 3 is 1.31 bits per heavy atom. The number of unbranched alkanes of at least 4 members (excludes halogenated alkanes) is 14. The van der Waals surface area contributed by atoms with E-state index in [9.17, 15) is 71.5 Å². The molecule has 3 aliphatic heterocycles. The lowest BCUT2D eigenvalue weighted by Gasteiger charge is -2.47. The number of hydrogen-bond acceptors (Lipinski definition) is 22. The second-order valence-electron chi connectivity index (χ2n) is 19.6. The predicted octanol–water partition coefficient (Wildman–Crippen LogP) is -1.05. The molecule has 0 spiro atoms. The van der Waals surface area contributed by atoms with E-state index in [1.165, 1.54) is 6.92 Å². The second kappa shape index (κ2) is 33.9. The van der Waals surface area contributed by atoms with Crippen molar-refractivity contribution in [1.29, 1.82) is 0 Å². The van der Waals surface area contributed by atoms with E-state index in [-0.39, 0.29) is 13.2 Å². The molecule has 0 radical (unpaired) electrons. The molecule has 3 aliphatic rings. The number of aliphatic hydroxyl groups is 14. The minimum atomic E-state index is -1.84. The quantitative estimate of drug-likeness (QED) is 0.0261. The van der Waals surface area contributed by atoms with E-state index < -0.39 is 155 Å². The van der Waals surface area contributed by atoms with Crippen molar-refractivity contribution in [3.63, 3.8) is 0 Å². The maximum absolute atomic E-state index is 11.5. The molecule has 19 atom stereocenters. The van der Waals surface area contributed by atoms with Crippen LogP contribution in [-0.4, -0.2) is 234 Å². The molecule has 3 heterocycles. The van der Waals surface area contributed by atoms with E-state index in [2.05, 4.69) is 13.8 Å². The summed E-state index contributed by atoms with van der Waals surface area (Å²) >= 11 is 0. The first-order valence-corrected chi connectivity index (χ1v) is 25.9. The van der Waals surface area contributed by atoms with Crippen molar-refractivity contribution in [3.8, 4) is 0 Å². The first kappa shape index (κ1) is 63.4. The Balaban J connectivity index is 1.88. The van der Waals surface area contributed by atoms with E-state index >= 15 is 0 Å².